The molecule has 1 amide bonds. The van der Waals surface area contributed by atoms with Crippen molar-refractivity contribution in [2.75, 3.05) is 23.7 Å². The lowest BCUT2D eigenvalue weighted by molar-refractivity contribution is 0.0947. The normalized spacial score (nSPS) is 11.2. The van der Waals surface area contributed by atoms with Crippen molar-refractivity contribution in [3.8, 4) is 5.75 Å². The van der Waals surface area contributed by atoms with Gasteiger partial charge in [-0.3, -0.25) is 9.10 Å². The zero-order valence-electron chi connectivity index (χ0n) is 19.1. The molecule has 0 saturated heterocycles. The quantitative estimate of drug-likeness (QED) is 0.454. The number of hydrogen-bond acceptors (Lipinski definition) is 4. The summed E-state index contributed by atoms with van der Waals surface area (Å²) in [6.45, 7) is 4.40. The topological polar surface area (TPSA) is 75.7 Å². The maximum absolute atomic E-state index is 14.2. The number of nitrogens with one attached hydrogen (secondary N) is 1. The molecule has 9 heteroatoms. The average molecular weight is 489 g/mol. The lowest BCUT2D eigenvalue weighted by Gasteiger charge is -2.23. The fraction of sp³-hybridized carbons (Fsp3) is 0.240. The van der Waals surface area contributed by atoms with Crippen molar-refractivity contribution in [1.82, 2.24) is 5.32 Å². The Balaban J connectivity index is 1.60. The third kappa shape index (κ3) is 6.54. The Bertz CT molecular complexity index is 1280. The van der Waals surface area contributed by atoms with Crippen LogP contribution in [-0.4, -0.2) is 33.7 Å². The molecule has 34 heavy (non-hydrogen) atoms. The third-order valence-corrected chi connectivity index (χ3v) is 6.22. The van der Waals surface area contributed by atoms with Gasteiger partial charge < -0.3 is 10.1 Å². The molecule has 6 nitrogen and oxygen atoms in total. The van der Waals surface area contributed by atoms with Crippen molar-refractivity contribution in [2.45, 2.75) is 20.4 Å². The second-order valence-electron chi connectivity index (χ2n) is 7.94. The number of carbonyl (C=O) groups is 1. The van der Waals surface area contributed by atoms with Crippen LogP contribution in [0.2, 0.25) is 0 Å². The van der Waals surface area contributed by atoms with Crippen molar-refractivity contribution >= 4 is 21.6 Å². The molecule has 0 fully saturated rings. The molecule has 0 saturated carbocycles. The number of benzene rings is 3. The molecule has 0 atom stereocenters. The highest BCUT2D eigenvalue weighted by atomic mass is 32.2. The van der Waals surface area contributed by atoms with E-state index >= 15 is 0 Å². The minimum absolute atomic E-state index is 0.174. The maximum Gasteiger partial charge on any atom is 0.251 e. The number of anilines is 1. The van der Waals surface area contributed by atoms with E-state index in [1.165, 1.54) is 0 Å². The van der Waals surface area contributed by atoms with Crippen LogP contribution in [0.25, 0.3) is 0 Å². The summed E-state index contributed by atoms with van der Waals surface area (Å²) in [6, 6.07) is 14.8. The summed E-state index contributed by atoms with van der Waals surface area (Å²) in [5, 5.41) is 2.77. The maximum atomic E-state index is 14.2. The first-order valence-corrected chi connectivity index (χ1v) is 12.4. The number of nitrogens with zero attached hydrogens (tertiary/aromatic N) is 1. The molecule has 3 rings (SSSR count). The number of sulfonamides is 1. The fourth-order valence-corrected chi connectivity index (χ4v) is 4.27. The van der Waals surface area contributed by atoms with E-state index < -0.39 is 21.7 Å². The molecule has 0 unspecified atom stereocenters. The molecule has 0 aliphatic rings. The van der Waals surface area contributed by atoms with E-state index in [1.54, 1.807) is 24.3 Å². The minimum Gasteiger partial charge on any atom is -0.491 e. The van der Waals surface area contributed by atoms with Crippen LogP contribution in [0.4, 0.5) is 14.5 Å². The van der Waals surface area contributed by atoms with E-state index in [-0.39, 0.29) is 18.1 Å². The summed E-state index contributed by atoms with van der Waals surface area (Å²) in [5.41, 5.74) is 2.82. The van der Waals surface area contributed by atoms with Gasteiger partial charge in [-0.25, -0.2) is 17.2 Å². The molecule has 0 aliphatic carbocycles. The van der Waals surface area contributed by atoms with Crippen LogP contribution in [0.5, 0.6) is 5.75 Å². The Hall–Kier alpha value is -3.46. The second-order valence-corrected chi connectivity index (χ2v) is 9.84. The van der Waals surface area contributed by atoms with Crippen LogP contribution < -0.4 is 14.4 Å². The van der Waals surface area contributed by atoms with Gasteiger partial charge in [-0.05, 0) is 55.3 Å². The molecule has 0 aliphatic heterocycles. The highest BCUT2D eigenvalue weighted by Crippen LogP contribution is 2.25. The first kappa shape index (κ1) is 25.2. The van der Waals surface area contributed by atoms with Gasteiger partial charge in [0.05, 0.1) is 25.0 Å². The molecule has 0 heterocycles. The Labute approximate surface area is 198 Å². The SMILES string of the molecule is Cc1ccc(OCCNC(=O)c2ccc(CN(c3ccc(F)cc3F)S(C)(=O)=O)cc2)c(C)c1. The van der Waals surface area contributed by atoms with Crippen molar-refractivity contribution in [3.63, 3.8) is 0 Å². The molecule has 0 radical (unpaired) electrons. The van der Waals surface area contributed by atoms with Gasteiger partial charge in [0.15, 0.2) is 0 Å². The average Bonchev–Trinajstić information content (AvgIpc) is 2.76. The summed E-state index contributed by atoms with van der Waals surface area (Å²) in [5.74, 6) is -1.33. The summed E-state index contributed by atoms with van der Waals surface area (Å²) >= 11 is 0. The van der Waals surface area contributed by atoms with Gasteiger partial charge >= 0.3 is 0 Å². The Morgan fingerprint density at radius 2 is 1.71 bits per heavy atom. The predicted molar refractivity (Wildman–Crippen MR) is 128 cm³/mol. The number of ether oxygens (including phenoxy) is 1. The highest BCUT2D eigenvalue weighted by Gasteiger charge is 2.21. The number of amides is 1. The Morgan fingerprint density at radius 3 is 2.32 bits per heavy atom. The van der Waals surface area contributed by atoms with Gasteiger partial charge in [0, 0.05) is 11.6 Å². The standard InChI is InChI=1S/C25H26F2N2O4S/c1-17-4-11-24(18(2)14-17)33-13-12-28-25(30)20-7-5-19(6-8-20)16-29(34(3,31)32)23-10-9-21(26)15-22(23)27/h4-11,14-15H,12-13,16H2,1-3H3,(H,28,30). The zero-order valence-corrected chi connectivity index (χ0v) is 20.0. The van der Waals surface area contributed by atoms with Crippen molar-refractivity contribution in [1.29, 1.82) is 0 Å². The highest BCUT2D eigenvalue weighted by molar-refractivity contribution is 7.92. The van der Waals surface area contributed by atoms with E-state index in [2.05, 4.69) is 5.32 Å². The van der Waals surface area contributed by atoms with Gasteiger partial charge in [-0.2, -0.15) is 0 Å². The first-order valence-electron chi connectivity index (χ1n) is 10.5. The molecular formula is C25H26F2N2O4S. The van der Waals surface area contributed by atoms with Gasteiger partial charge in [0.1, 0.15) is 24.0 Å². The molecule has 3 aromatic rings. The molecule has 0 aromatic heterocycles. The van der Waals surface area contributed by atoms with E-state index in [0.717, 1.165) is 39.6 Å². The van der Waals surface area contributed by atoms with Crippen LogP contribution in [0, 0.1) is 25.5 Å². The van der Waals surface area contributed by atoms with Gasteiger partial charge in [0.2, 0.25) is 10.0 Å². The first-order chi connectivity index (χ1) is 16.0. The minimum atomic E-state index is -3.84. The fourth-order valence-electron chi connectivity index (χ4n) is 3.38. The van der Waals surface area contributed by atoms with Crippen LogP contribution in [0.15, 0.2) is 60.7 Å². The number of halogens is 2. The number of carbonyl (C=O) groups excluding carboxylic acids is 1. The summed E-state index contributed by atoms with van der Waals surface area (Å²) in [4.78, 5) is 12.4. The van der Waals surface area contributed by atoms with Gasteiger partial charge in [-0.15, -0.1) is 0 Å². The molecule has 0 bridgehead atoms. The van der Waals surface area contributed by atoms with Gasteiger partial charge in [-0.1, -0.05) is 29.8 Å². The van der Waals surface area contributed by atoms with E-state index in [4.69, 9.17) is 4.74 Å². The number of rotatable bonds is 9. The zero-order chi connectivity index (χ0) is 24.9. The Kier molecular flexibility index (Phi) is 7.88. The van der Waals surface area contributed by atoms with Crippen molar-refractivity contribution in [3.05, 3.63) is 94.6 Å². The lowest BCUT2D eigenvalue weighted by Crippen LogP contribution is -2.30. The summed E-state index contributed by atoms with van der Waals surface area (Å²) in [7, 11) is -3.84. The molecule has 180 valence electrons. The monoisotopic (exact) mass is 488 g/mol. The summed E-state index contributed by atoms with van der Waals surface area (Å²) < 4.78 is 58.4. The Morgan fingerprint density at radius 1 is 1.00 bits per heavy atom. The third-order valence-electron chi connectivity index (χ3n) is 5.10. The van der Waals surface area contributed by atoms with Crippen molar-refractivity contribution < 1.29 is 26.7 Å². The van der Waals surface area contributed by atoms with Crippen LogP contribution >= 0.6 is 0 Å². The number of hydrogen-bond donors (Lipinski definition) is 1. The van der Waals surface area contributed by atoms with E-state index in [0.29, 0.717) is 30.3 Å². The smallest absolute Gasteiger partial charge is 0.251 e. The molecule has 1 N–H and O–H groups in total. The lowest BCUT2D eigenvalue weighted by atomic mass is 10.1. The van der Waals surface area contributed by atoms with E-state index in [9.17, 15) is 22.0 Å². The second kappa shape index (κ2) is 10.6. The molecule has 0 spiro atoms. The number of aryl methyl sites for hydroxylation is 2. The van der Waals surface area contributed by atoms with Gasteiger partial charge in [0.25, 0.3) is 5.91 Å². The van der Waals surface area contributed by atoms with Crippen LogP contribution in [-0.2, 0) is 16.6 Å². The van der Waals surface area contributed by atoms with Crippen LogP contribution in [0.1, 0.15) is 27.0 Å². The predicted octanol–water partition coefficient (Wildman–Crippen LogP) is 4.36. The largest absolute Gasteiger partial charge is 0.491 e. The molecule has 3 aromatic carbocycles. The van der Waals surface area contributed by atoms with Crippen LogP contribution in [0.3, 0.4) is 0 Å². The van der Waals surface area contributed by atoms with Crippen molar-refractivity contribution in [2.24, 2.45) is 0 Å². The van der Waals surface area contributed by atoms with E-state index in [1.807, 2.05) is 32.0 Å². The molecular weight excluding hydrogens is 462 g/mol. The summed E-state index contributed by atoms with van der Waals surface area (Å²) in [6.07, 6.45) is 0.942.